The van der Waals surface area contributed by atoms with Gasteiger partial charge in [0.1, 0.15) is 5.54 Å². The van der Waals surface area contributed by atoms with Gasteiger partial charge in [-0.3, -0.25) is 34.2 Å². The summed E-state index contributed by atoms with van der Waals surface area (Å²) in [7, 11) is 3.76. The van der Waals surface area contributed by atoms with E-state index in [0.29, 0.717) is 5.56 Å². The van der Waals surface area contributed by atoms with Crippen molar-refractivity contribution < 1.29 is 38.2 Å². The van der Waals surface area contributed by atoms with Gasteiger partial charge in [-0.2, -0.15) is 0 Å². The van der Waals surface area contributed by atoms with Crippen LogP contribution in [0.4, 0.5) is 0 Å². The standard InChI is InChI=1S/C41H37N3O8/c1-50-37(47)40(38(48)51-2)18-27-13-12-23(16-28(27)19-40)22-44-35(45)32-33(36(44)46)41(39(49)52-3,20-29-21-42-31-11-7-6-10-30(29)31)43-34(32)26-15-14-24-8-4-5-9-25(24)17-26/h4-17,21,32-34,42-43H,18-20,22H2,1-3H3/t32-,33-,34-,41-/m0/s1. The summed E-state index contributed by atoms with van der Waals surface area (Å²) in [6.07, 6.45) is 2.11. The van der Waals surface area contributed by atoms with Crippen molar-refractivity contribution in [2.45, 2.75) is 37.4 Å². The third kappa shape index (κ3) is 4.94. The van der Waals surface area contributed by atoms with E-state index in [2.05, 4.69) is 10.3 Å². The number of aromatic nitrogens is 1. The smallest absolute Gasteiger partial charge is 0.327 e. The Hall–Kier alpha value is -5.81. The molecule has 11 nitrogen and oxygen atoms in total. The molecule has 1 aliphatic carbocycles. The van der Waals surface area contributed by atoms with Crippen molar-refractivity contribution in [3.63, 3.8) is 0 Å². The fraction of sp³-hybridized carbons (Fsp3) is 0.293. The number of hydrogen-bond donors (Lipinski definition) is 2. The second-order valence-corrected chi connectivity index (χ2v) is 14.0. The fourth-order valence-electron chi connectivity index (χ4n) is 8.86. The lowest BCUT2D eigenvalue weighted by atomic mass is 9.76. The molecular weight excluding hydrogens is 662 g/mol. The zero-order chi connectivity index (χ0) is 36.4. The molecule has 5 aromatic rings. The summed E-state index contributed by atoms with van der Waals surface area (Å²) in [6.45, 7) is -0.0594. The van der Waals surface area contributed by atoms with Gasteiger partial charge in [0.25, 0.3) is 0 Å². The van der Waals surface area contributed by atoms with Crippen molar-refractivity contribution in [2.75, 3.05) is 21.3 Å². The zero-order valence-electron chi connectivity index (χ0n) is 28.9. The molecule has 0 unspecified atom stereocenters. The van der Waals surface area contributed by atoms with Gasteiger partial charge in [-0.15, -0.1) is 0 Å². The number of aromatic amines is 1. The Morgan fingerprint density at radius 1 is 0.769 bits per heavy atom. The van der Waals surface area contributed by atoms with E-state index in [9.17, 15) is 24.0 Å². The minimum absolute atomic E-state index is 0.0594. The maximum Gasteiger partial charge on any atom is 0.327 e. The number of amides is 2. The van der Waals surface area contributed by atoms with Crippen LogP contribution >= 0.6 is 0 Å². The maximum atomic E-state index is 14.7. The molecule has 1 aromatic heterocycles. The molecule has 0 spiro atoms. The number of esters is 3. The van der Waals surface area contributed by atoms with E-state index in [4.69, 9.17) is 14.2 Å². The first-order valence-corrected chi connectivity index (χ1v) is 17.2. The number of imide groups is 1. The van der Waals surface area contributed by atoms with Crippen LogP contribution in [-0.4, -0.2) is 66.5 Å². The highest BCUT2D eigenvalue weighted by atomic mass is 16.5. The Morgan fingerprint density at radius 2 is 1.46 bits per heavy atom. The van der Waals surface area contributed by atoms with Crippen LogP contribution in [0.3, 0.4) is 0 Å². The third-order valence-electron chi connectivity index (χ3n) is 11.3. The number of para-hydroxylation sites is 1. The van der Waals surface area contributed by atoms with Crippen LogP contribution in [0, 0.1) is 17.3 Å². The van der Waals surface area contributed by atoms with E-state index in [-0.39, 0.29) is 25.8 Å². The molecule has 3 aliphatic rings. The van der Waals surface area contributed by atoms with Gasteiger partial charge in [0.15, 0.2) is 5.41 Å². The molecule has 0 radical (unpaired) electrons. The van der Waals surface area contributed by atoms with Crippen LogP contribution in [0.25, 0.3) is 21.7 Å². The van der Waals surface area contributed by atoms with Crippen LogP contribution < -0.4 is 5.32 Å². The molecule has 8 rings (SSSR count). The monoisotopic (exact) mass is 699 g/mol. The second-order valence-electron chi connectivity index (χ2n) is 14.0. The molecule has 0 bridgehead atoms. The molecule has 52 heavy (non-hydrogen) atoms. The summed E-state index contributed by atoms with van der Waals surface area (Å²) in [5, 5.41) is 6.41. The highest BCUT2D eigenvalue weighted by Gasteiger charge is 2.68. The number of carbonyl (C=O) groups is 5. The number of hydrogen-bond acceptors (Lipinski definition) is 9. The van der Waals surface area contributed by atoms with Gasteiger partial charge in [-0.25, -0.2) is 0 Å². The van der Waals surface area contributed by atoms with Crippen molar-refractivity contribution in [3.05, 3.63) is 119 Å². The van der Waals surface area contributed by atoms with E-state index in [1.807, 2.05) is 79.0 Å². The van der Waals surface area contributed by atoms with Gasteiger partial charge in [-0.05, 0) is 63.6 Å². The summed E-state index contributed by atoms with van der Waals surface area (Å²) in [5.41, 5.74) is 1.54. The number of fused-ring (bicyclic) bond motifs is 4. The molecule has 2 saturated heterocycles. The van der Waals surface area contributed by atoms with Gasteiger partial charge >= 0.3 is 17.9 Å². The molecule has 3 heterocycles. The van der Waals surface area contributed by atoms with E-state index in [0.717, 1.165) is 43.9 Å². The molecule has 264 valence electrons. The summed E-state index contributed by atoms with van der Waals surface area (Å²) in [5.74, 6) is -4.84. The lowest BCUT2D eigenvalue weighted by Gasteiger charge is -2.32. The van der Waals surface area contributed by atoms with Crippen molar-refractivity contribution in [2.24, 2.45) is 17.3 Å². The molecule has 2 aliphatic heterocycles. The van der Waals surface area contributed by atoms with Crippen molar-refractivity contribution in [1.29, 1.82) is 0 Å². The number of benzene rings is 4. The molecule has 0 saturated carbocycles. The zero-order valence-corrected chi connectivity index (χ0v) is 28.9. The van der Waals surface area contributed by atoms with E-state index in [1.165, 1.54) is 26.2 Å². The van der Waals surface area contributed by atoms with E-state index >= 15 is 0 Å². The minimum Gasteiger partial charge on any atom is -0.468 e. The number of methoxy groups -OCH3 is 3. The molecule has 4 atom stereocenters. The Labute approximate surface area is 299 Å². The second kappa shape index (κ2) is 12.4. The molecule has 11 heteroatoms. The SMILES string of the molecule is COC(=O)C1(C(=O)OC)Cc2ccc(CN3C(=O)[C@H]4[C@@H](C3=O)[C@@](Cc3c[nH]c5ccccc35)(C(=O)OC)N[C@H]4c3ccc4ccccc4c3)cc2C1. The van der Waals surface area contributed by atoms with Crippen molar-refractivity contribution in [3.8, 4) is 0 Å². The first-order chi connectivity index (χ1) is 25.1. The quantitative estimate of drug-likeness (QED) is 0.105. The van der Waals surface area contributed by atoms with Gasteiger partial charge in [0, 0.05) is 29.6 Å². The molecule has 4 aromatic carbocycles. The van der Waals surface area contributed by atoms with Crippen LogP contribution in [-0.2, 0) is 64.0 Å². The number of carbonyl (C=O) groups excluding carboxylic acids is 5. The van der Waals surface area contributed by atoms with Crippen LogP contribution in [0.15, 0.2) is 91.1 Å². The molecular formula is C41H37N3O8. The highest BCUT2D eigenvalue weighted by Crippen LogP contribution is 2.51. The summed E-state index contributed by atoms with van der Waals surface area (Å²) >= 11 is 0. The van der Waals surface area contributed by atoms with E-state index in [1.54, 1.807) is 12.1 Å². The van der Waals surface area contributed by atoms with Gasteiger partial charge in [0.2, 0.25) is 11.8 Å². The Balaban J connectivity index is 1.19. The molecule has 2 fully saturated rings. The summed E-state index contributed by atoms with van der Waals surface area (Å²) in [6, 6.07) is 26.3. The largest absolute Gasteiger partial charge is 0.468 e. The first-order valence-electron chi connectivity index (χ1n) is 17.2. The van der Waals surface area contributed by atoms with Crippen molar-refractivity contribution in [1.82, 2.24) is 15.2 Å². The van der Waals surface area contributed by atoms with Crippen LogP contribution in [0.5, 0.6) is 0 Å². The average molecular weight is 700 g/mol. The van der Waals surface area contributed by atoms with Crippen molar-refractivity contribution >= 4 is 51.4 Å². The summed E-state index contributed by atoms with van der Waals surface area (Å²) in [4.78, 5) is 73.7. The maximum absolute atomic E-state index is 14.7. The third-order valence-corrected chi connectivity index (χ3v) is 11.3. The number of H-pyrrole nitrogens is 1. The molecule has 2 N–H and O–H groups in total. The topological polar surface area (TPSA) is 144 Å². The first kappa shape index (κ1) is 33.3. The highest BCUT2D eigenvalue weighted by molar-refractivity contribution is 6.10. The number of nitrogens with one attached hydrogen (secondary N) is 2. The predicted molar refractivity (Wildman–Crippen MR) is 189 cm³/mol. The molecule has 2 amide bonds. The summed E-state index contributed by atoms with van der Waals surface area (Å²) < 4.78 is 15.4. The number of nitrogens with zero attached hydrogens (tertiary/aromatic N) is 1. The van der Waals surface area contributed by atoms with Crippen LogP contribution in [0.1, 0.15) is 33.9 Å². The minimum atomic E-state index is -1.57. The fourth-order valence-corrected chi connectivity index (χ4v) is 8.86. The van der Waals surface area contributed by atoms with Gasteiger partial charge < -0.3 is 19.2 Å². The number of ether oxygens (including phenoxy) is 3. The van der Waals surface area contributed by atoms with Gasteiger partial charge in [-0.1, -0.05) is 72.8 Å². The number of rotatable bonds is 8. The Morgan fingerprint density at radius 3 is 2.21 bits per heavy atom. The van der Waals surface area contributed by atoms with E-state index < -0.39 is 58.6 Å². The Kier molecular flexibility index (Phi) is 7.98. The lowest BCUT2D eigenvalue weighted by Crippen LogP contribution is -2.57. The average Bonchev–Trinajstić information content (AvgIpc) is 3.92. The lowest BCUT2D eigenvalue weighted by molar-refractivity contribution is -0.168. The van der Waals surface area contributed by atoms with Gasteiger partial charge in [0.05, 0.1) is 39.7 Å². The van der Waals surface area contributed by atoms with Crippen LogP contribution in [0.2, 0.25) is 0 Å². The number of likely N-dealkylation sites (tertiary alicyclic amines) is 1. The predicted octanol–water partition coefficient (Wildman–Crippen LogP) is 4.35. The normalized spacial score (nSPS) is 23.1. The Bertz CT molecular complexity index is 2300.